The van der Waals surface area contributed by atoms with Crippen molar-refractivity contribution in [1.29, 1.82) is 0 Å². The number of fused-ring (bicyclic) bond motifs is 1. The van der Waals surface area contributed by atoms with Crippen LogP contribution in [0.3, 0.4) is 0 Å². The Hall–Kier alpha value is -2.43. The van der Waals surface area contributed by atoms with E-state index in [9.17, 15) is 4.79 Å². The molecule has 1 saturated carbocycles. The smallest absolute Gasteiger partial charge is 0.276 e. The van der Waals surface area contributed by atoms with Crippen LogP contribution in [0.5, 0.6) is 0 Å². The number of pyridine rings is 1. The minimum Gasteiger partial charge on any atom is -0.296 e. The summed E-state index contributed by atoms with van der Waals surface area (Å²) in [5.41, 5.74) is 4.11. The molecular formula is C17H18N4O. The van der Waals surface area contributed by atoms with Crippen molar-refractivity contribution >= 4 is 5.65 Å². The van der Waals surface area contributed by atoms with Crippen molar-refractivity contribution in [3.8, 4) is 11.3 Å². The highest BCUT2D eigenvalue weighted by Crippen LogP contribution is 2.34. The zero-order valence-corrected chi connectivity index (χ0v) is 12.5. The third-order valence-electron chi connectivity index (χ3n) is 4.59. The van der Waals surface area contributed by atoms with Crippen molar-refractivity contribution in [1.82, 2.24) is 19.6 Å². The monoisotopic (exact) mass is 294 g/mol. The van der Waals surface area contributed by atoms with Crippen molar-refractivity contribution in [2.45, 2.75) is 38.5 Å². The highest BCUT2D eigenvalue weighted by atomic mass is 16.1. The Morgan fingerprint density at radius 2 is 2.09 bits per heavy atom. The lowest BCUT2D eigenvalue weighted by atomic mass is 9.97. The van der Waals surface area contributed by atoms with E-state index < -0.39 is 0 Å². The molecule has 0 amide bonds. The van der Waals surface area contributed by atoms with Crippen molar-refractivity contribution < 1.29 is 0 Å². The number of rotatable bonds is 2. The summed E-state index contributed by atoms with van der Waals surface area (Å²) in [5, 5.41) is 3.05. The fraction of sp³-hybridized carbons (Fsp3) is 0.353. The van der Waals surface area contributed by atoms with E-state index in [2.05, 4.69) is 10.1 Å². The summed E-state index contributed by atoms with van der Waals surface area (Å²) >= 11 is 0. The second-order valence-electron chi connectivity index (χ2n) is 5.96. The highest BCUT2D eigenvalue weighted by molar-refractivity contribution is 5.74. The number of aromatic amines is 1. The quantitative estimate of drug-likeness (QED) is 0.790. The maximum Gasteiger partial charge on any atom is 0.276 e. The van der Waals surface area contributed by atoms with Crippen LogP contribution >= 0.6 is 0 Å². The molecule has 0 saturated heterocycles. The van der Waals surface area contributed by atoms with Gasteiger partial charge in [0.2, 0.25) is 0 Å². The molecule has 3 aromatic rings. The van der Waals surface area contributed by atoms with Crippen molar-refractivity contribution in [3.63, 3.8) is 0 Å². The summed E-state index contributed by atoms with van der Waals surface area (Å²) in [5.74, 6) is 0.360. The van der Waals surface area contributed by atoms with E-state index in [4.69, 9.17) is 4.98 Å². The van der Waals surface area contributed by atoms with E-state index >= 15 is 0 Å². The van der Waals surface area contributed by atoms with Gasteiger partial charge in [0.1, 0.15) is 0 Å². The Kier molecular flexibility index (Phi) is 3.06. The van der Waals surface area contributed by atoms with Crippen molar-refractivity contribution in [2.24, 2.45) is 0 Å². The first-order valence-electron chi connectivity index (χ1n) is 7.78. The maximum absolute atomic E-state index is 12.9. The second kappa shape index (κ2) is 5.09. The molecule has 1 fully saturated rings. The van der Waals surface area contributed by atoms with Gasteiger partial charge in [-0.15, -0.1) is 0 Å². The first-order valence-corrected chi connectivity index (χ1v) is 7.78. The van der Waals surface area contributed by atoms with Gasteiger partial charge in [-0.25, -0.2) is 9.50 Å². The van der Waals surface area contributed by atoms with Gasteiger partial charge in [0.25, 0.3) is 5.56 Å². The van der Waals surface area contributed by atoms with Crippen LogP contribution in [0.4, 0.5) is 0 Å². The molecule has 0 atom stereocenters. The fourth-order valence-electron chi connectivity index (χ4n) is 3.53. The molecule has 0 unspecified atom stereocenters. The topological polar surface area (TPSA) is 63.1 Å². The molecule has 0 bridgehead atoms. The predicted octanol–water partition coefficient (Wildman–Crippen LogP) is 3.05. The molecule has 5 nitrogen and oxygen atoms in total. The third kappa shape index (κ3) is 1.96. The van der Waals surface area contributed by atoms with Gasteiger partial charge in [-0.05, 0) is 37.8 Å². The van der Waals surface area contributed by atoms with E-state index in [-0.39, 0.29) is 5.56 Å². The van der Waals surface area contributed by atoms with Crippen LogP contribution in [0, 0.1) is 6.92 Å². The average Bonchev–Trinajstić information content (AvgIpc) is 3.18. The first kappa shape index (κ1) is 13.2. The normalized spacial score (nSPS) is 15.7. The number of hydrogen-bond acceptors (Lipinski definition) is 3. The molecule has 0 aromatic carbocycles. The molecule has 1 N–H and O–H groups in total. The molecule has 3 heterocycles. The Morgan fingerprint density at radius 3 is 2.82 bits per heavy atom. The van der Waals surface area contributed by atoms with Crippen LogP contribution in [0.2, 0.25) is 0 Å². The van der Waals surface area contributed by atoms with Crippen molar-refractivity contribution in [2.75, 3.05) is 0 Å². The van der Waals surface area contributed by atoms with Crippen LogP contribution < -0.4 is 5.56 Å². The lowest BCUT2D eigenvalue weighted by molar-refractivity contribution is 0.687. The molecule has 3 aromatic heterocycles. The summed E-state index contributed by atoms with van der Waals surface area (Å²) in [4.78, 5) is 21.9. The second-order valence-corrected chi connectivity index (χ2v) is 5.96. The predicted molar refractivity (Wildman–Crippen MR) is 85.0 cm³/mol. The van der Waals surface area contributed by atoms with E-state index in [1.54, 1.807) is 10.7 Å². The van der Waals surface area contributed by atoms with Crippen LogP contribution in [0.1, 0.15) is 42.9 Å². The zero-order valence-electron chi connectivity index (χ0n) is 12.5. The lowest BCUT2D eigenvalue weighted by Crippen LogP contribution is -2.23. The molecule has 1 aliphatic carbocycles. The van der Waals surface area contributed by atoms with Gasteiger partial charge in [0, 0.05) is 23.7 Å². The SMILES string of the molecule is Cc1nc2c(-c3ccccn3)c[nH]n2c(=O)c1C1CCCC1. The average molecular weight is 294 g/mol. The summed E-state index contributed by atoms with van der Waals surface area (Å²) in [6.07, 6.45) is 8.15. The number of nitrogens with one attached hydrogen (secondary N) is 1. The number of H-pyrrole nitrogens is 1. The van der Waals surface area contributed by atoms with Gasteiger partial charge in [-0.2, -0.15) is 0 Å². The van der Waals surface area contributed by atoms with E-state index in [1.807, 2.05) is 31.3 Å². The third-order valence-corrected chi connectivity index (χ3v) is 4.59. The van der Waals surface area contributed by atoms with Crippen molar-refractivity contribution in [3.05, 3.63) is 52.2 Å². The highest BCUT2D eigenvalue weighted by Gasteiger charge is 2.24. The molecule has 0 aliphatic heterocycles. The molecule has 112 valence electrons. The minimum absolute atomic E-state index is 0.0385. The van der Waals surface area contributed by atoms with E-state index in [0.29, 0.717) is 11.6 Å². The van der Waals surface area contributed by atoms with Gasteiger partial charge < -0.3 is 0 Å². The maximum atomic E-state index is 12.9. The lowest BCUT2D eigenvalue weighted by Gasteiger charge is -2.11. The standard InChI is InChI=1S/C17H18N4O/c1-11-15(12-6-2-3-7-12)17(22)21-16(20-11)13(10-19-21)14-8-4-5-9-18-14/h4-5,8-10,12,19H,2-3,6-7H2,1H3. The van der Waals surface area contributed by atoms with Gasteiger partial charge in [-0.3, -0.25) is 14.9 Å². The molecule has 1 aliphatic rings. The Morgan fingerprint density at radius 1 is 1.27 bits per heavy atom. The van der Waals surface area contributed by atoms with E-state index in [0.717, 1.165) is 35.4 Å². The number of hydrogen-bond donors (Lipinski definition) is 1. The molecule has 0 radical (unpaired) electrons. The summed E-state index contributed by atoms with van der Waals surface area (Å²) in [6, 6.07) is 5.74. The van der Waals surface area contributed by atoms with Crippen LogP contribution in [0.25, 0.3) is 16.9 Å². The Labute approximate surface area is 128 Å². The summed E-state index contributed by atoms with van der Waals surface area (Å²) in [6.45, 7) is 1.95. The minimum atomic E-state index is 0.0385. The fourth-order valence-corrected chi connectivity index (χ4v) is 3.53. The molecule has 0 spiro atoms. The number of aromatic nitrogens is 4. The number of nitrogens with zero attached hydrogens (tertiary/aromatic N) is 3. The largest absolute Gasteiger partial charge is 0.296 e. The molecule has 22 heavy (non-hydrogen) atoms. The summed E-state index contributed by atoms with van der Waals surface area (Å²) in [7, 11) is 0. The Bertz CT molecular complexity index is 873. The van der Waals surface area contributed by atoms with Crippen LogP contribution in [0.15, 0.2) is 35.4 Å². The number of aryl methyl sites for hydroxylation is 1. The van der Waals surface area contributed by atoms with Crippen LogP contribution in [-0.4, -0.2) is 19.6 Å². The molecule has 4 rings (SSSR count). The van der Waals surface area contributed by atoms with E-state index in [1.165, 1.54) is 12.8 Å². The van der Waals surface area contributed by atoms with Gasteiger partial charge in [0.15, 0.2) is 5.65 Å². The Balaban J connectivity index is 1.93. The van der Waals surface area contributed by atoms with Gasteiger partial charge in [0.05, 0.1) is 11.3 Å². The van der Waals surface area contributed by atoms with Crippen LogP contribution in [-0.2, 0) is 0 Å². The summed E-state index contributed by atoms with van der Waals surface area (Å²) < 4.78 is 1.56. The first-order chi connectivity index (χ1) is 10.8. The van der Waals surface area contributed by atoms with Gasteiger partial charge >= 0.3 is 0 Å². The van der Waals surface area contributed by atoms with Gasteiger partial charge in [-0.1, -0.05) is 18.9 Å². The zero-order chi connectivity index (χ0) is 15.1. The molecular weight excluding hydrogens is 276 g/mol. The molecule has 5 heteroatoms.